The van der Waals surface area contributed by atoms with Gasteiger partial charge in [0.25, 0.3) is 0 Å². The largest absolute Gasteiger partial charge is 0.322 e. The average Bonchev–Trinajstić information content (AvgIpc) is 2.71. The molecule has 1 atom stereocenters. The molecule has 2 nitrogen and oxygen atoms in total. The molecule has 2 N–H and O–H groups in total. The molecule has 1 heterocycles. The normalized spacial score (nSPS) is 18.9. The molecule has 1 fully saturated rings. The number of pyridine rings is 1. The molecule has 1 aliphatic rings. The van der Waals surface area contributed by atoms with Crippen LogP contribution in [0.5, 0.6) is 0 Å². The summed E-state index contributed by atoms with van der Waals surface area (Å²) in [6, 6.07) is 6.13. The highest BCUT2D eigenvalue weighted by Crippen LogP contribution is 2.33. The van der Waals surface area contributed by atoms with Crippen molar-refractivity contribution in [2.75, 3.05) is 0 Å². The molecule has 1 saturated carbocycles. The molecule has 0 amide bonds. The van der Waals surface area contributed by atoms with E-state index in [1.54, 1.807) is 0 Å². The zero-order valence-corrected chi connectivity index (χ0v) is 9.04. The third-order valence-electron chi connectivity index (χ3n) is 2.94. The summed E-state index contributed by atoms with van der Waals surface area (Å²) in [5.41, 5.74) is 7.19. The van der Waals surface area contributed by atoms with Gasteiger partial charge in [-0.15, -0.1) is 12.4 Å². The van der Waals surface area contributed by atoms with Crippen molar-refractivity contribution < 1.29 is 0 Å². The number of rotatable bonds is 2. The first-order valence-corrected chi connectivity index (χ1v) is 5.04. The summed E-state index contributed by atoms with van der Waals surface area (Å²) in [7, 11) is 0. The van der Waals surface area contributed by atoms with Crippen LogP contribution in [0, 0.1) is 5.92 Å². The maximum Gasteiger partial charge on any atom is 0.0573 e. The van der Waals surface area contributed by atoms with Gasteiger partial charge in [0.1, 0.15) is 0 Å². The SMILES string of the molecule is Cl.N[C@@H](c1ccccn1)C1CCCC1. The minimum absolute atomic E-state index is 0. The highest BCUT2D eigenvalue weighted by Gasteiger charge is 2.23. The van der Waals surface area contributed by atoms with Gasteiger partial charge in [0.15, 0.2) is 0 Å². The number of nitrogens with two attached hydrogens (primary N) is 1. The summed E-state index contributed by atoms with van der Waals surface area (Å²) in [4.78, 5) is 4.30. The highest BCUT2D eigenvalue weighted by atomic mass is 35.5. The lowest BCUT2D eigenvalue weighted by molar-refractivity contribution is 0.437. The molecule has 0 aliphatic heterocycles. The summed E-state index contributed by atoms with van der Waals surface area (Å²) in [5.74, 6) is 0.662. The second-order valence-corrected chi connectivity index (χ2v) is 3.82. The Morgan fingerprint density at radius 3 is 2.57 bits per heavy atom. The maximum absolute atomic E-state index is 6.14. The smallest absolute Gasteiger partial charge is 0.0573 e. The van der Waals surface area contributed by atoms with Crippen molar-refractivity contribution in [1.82, 2.24) is 4.98 Å². The average molecular weight is 213 g/mol. The zero-order chi connectivity index (χ0) is 9.10. The quantitative estimate of drug-likeness (QED) is 0.819. The highest BCUT2D eigenvalue weighted by molar-refractivity contribution is 5.85. The molecule has 0 aromatic carbocycles. The monoisotopic (exact) mass is 212 g/mol. The minimum atomic E-state index is 0. The van der Waals surface area contributed by atoms with Crippen molar-refractivity contribution in [2.24, 2.45) is 11.7 Å². The first-order valence-electron chi connectivity index (χ1n) is 5.04. The van der Waals surface area contributed by atoms with E-state index in [1.807, 2.05) is 24.4 Å². The lowest BCUT2D eigenvalue weighted by atomic mass is 9.96. The third kappa shape index (κ3) is 2.46. The van der Waals surface area contributed by atoms with Crippen LogP contribution < -0.4 is 5.73 Å². The molecular weight excluding hydrogens is 196 g/mol. The molecule has 0 unspecified atom stereocenters. The van der Waals surface area contributed by atoms with Crippen molar-refractivity contribution in [3.05, 3.63) is 30.1 Å². The Morgan fingerprint density at radius 1 is 1.29 bits per heavy atom. The van der Waals surface area contributed by atoms with Crippen LogP contribution in [-0.2, 0) is 0 Å². The van der Waals surface area contributed by atoms with Crippen LogP contribution >= 0.6 is 12.4 Å². The summed E-state index contributed by atoms with van der Waals surface area (Å²) >= 11 is 0. The van der Waals surface area contributed by atoms with Crippen molar-refractivity contribution in [3.8, 4) is 0 Å². The Morgan fingerprint density at radius 2 is 2.00 bits per heavy atom. The summed E-state index contributed by atoms with van der Waals surface area (Å²) in [6.45, 7) is 0. The van der Waals surface area contributed by atoms with E-state index in [4.69, 9.17) is 5.73 Å². The van der Waals surface area contributed by atoms with Gasteiger partial charge in [-0.1, -0.05) is 18.9 Å². The van der Waals surface area contributed by atoms with Gasteiger partial charge >= 0.3 is 0 Å². The van der Waals surface area contributed by atoms with Crippen LogP contribution in [0.25, 0.3) is 0 Å². The molecule has 0 radical (unpaired) electrons. The summed E-state index contributed by atoms with van der Waals surface area (Å²) in [5, 5.41) is 0. The van der Waals surface area contributed by atoms with E-state index < -0.39 is 0 Å². The van der Waals surface area contributed by atoms with Gasteiger partial charge in [-0.2, -0.15) is 0 Å². The number of hydrogen-bond acceptors (Lipinski definition) is 2. The van der Waals surface area contributed by atoms with Crippen LogP contribution in [0.3, 0.4) is 0 Å². The van der Waals surface area contributed by atoms with Crippen molar-refractivity contribution >= 4 is 12.4 Å². The Balaban J connectivity index is 0.000000980. The molecule has 1 aromatic rings. The van der Waals surface area contributed by atoms with Gasteiger partial charge in [0, 0.05) is 12.2 Å². The van der Waals surface area contributed by atoms with Crippen molar-refractivity contribution in [3.63, 3.8) is 0 Å². The molecule has 14 heavy (non-hydrogen) atoms. The van der Waals surface area contributed by atoms with E-state index in [0.717, 1.165) is 5.69 Å². The molecule has 1 aliphatic carbocycles. The van der Waals surface area contributed by atoms with E-state index in [1.165, 1.54) is 25.7 Å². The van der Waals surface area contributed by atoms with E-state index >= 15 is 0 Å². The number of hydrogen-bond donors (Lipinski definition) is 1. The topological polar surface area (TPSA) is 38.9 Å². The van der Waals surface area contributed by atoms with E-state index in [2.05, 4.69) is 4.98 Å². The maximum atomic E-state index is 6.14. The number of nitrogens with zero attached hydrogens (tertiary/aromatic N) is 1. The van der Waals surface area contributed by atoms with Crippen LogP contribution in [-0.4, -0.2) is 4.98 Å². The predicted molar refractivity (Wildman–Crippen MR) is 60.4 cm³/mol. The van der Waals surface area contributed by atoms with Crippen LogP contribution in [0.15, 0.2) is 24.4 Å². The molecule has 78 valence electrons. The second kappa shape index (κ2) is 5.32. The molecule has 0 bridgehead atoms. The van der Waals surface area contributed by atoms with Gasteiger partial charge in [0.2, 0.25) is 0 Å². The van der Waals surface area contributed by atoms with E-state index in [9.17, 15) is 0 Å². The fraction of sp³-hybridized carbons (Fsp3) is 0.545. The lowest BCUT2D eigenvalue weighted by Gasteiger charge is -2.17. The molecule has 0 saturated heterocycles. The van der Waals surface area contributed by atoms with Crippen molar-refractivity contribution in [1.29, 1.82) is 0 Å². The molecular formula is C11H17ClN2. The Labute approximate surface area is 91.3 Å². The summed E-state index contributed by atoms with van der Waals surface area (Å²) < 4.78 is 0. The van der Waals surface area contributed by atoms with Gasteiger partial charge in [0.05, 0.1) is 5.69 Å². The Kier molecular flexibility index (Phi) is 4.36. The van der Waals surface area contributed by atoms with Crippen LogP contribution in [0.2, 0.25) is 0 Å². The first-order chi connectivity index (χ1) is 6.38. The van der Waals surface area contributed by atoms with E-state index in [-0.39, 0.29) is 18.4 Å². The molecule has 3 heteroatoms. The molecule has 2 rings (SSSR count). The minimum Gasteiger partial charge on any atom is -0.322 e. The Hall–Kier alpha value is -0.600. The van der Waals surface area contributed by atoms with Crippen LogP contribution in [0.4, 0.5) is 0 Å². The number of aromatic nitrogens is 1. The fourth-order valence-electron chi connectivity index (χ4n) is 2.13. The van der Waals surface area contributed by atoms with Gasteiger partial charge < -0.3 is 5.73 Å². The third-order valence-corrected chi connectivity index (χ3v) is 2.94. The van der Waals surface area contributed by atoms with Gasteiger partial charge in [-0.05, 0) is 30.9 Å². The second-order valence-electron chi connectivity index (χ2n) is 3.82. The van der Waals surface area contributed by atoms with Gasteiger partial charge in [-0.3, -0.25) is 4.98 Å². The van der Waals surface area contributed by atoms with Crippen molar-refractivity contribution in [2.45, 2.75) is 31.7 Å². The Bertz CT molecular complexity index is 257. The lowest BCUT2D eigenvalue weighted by Crippen LogP contribution is -2.20. The fourth-order valence-corrected chi connectivity index (χ4v) is 2.13. The zero-order valence-electron chi connectivity index (χ0n) is 8.23. The summed E-state index contributed by atoms with van der Waals surface area (Å²) in [6.07, 6.45) is 7.05. The standard InChI is InChI=1S/C11H16N2.ClH/c12-11(9-5-1-2-6-9)10-7-3-4-8-13-10;/h3-4,7-9,11H,1-2,5-6,12H2;1H/t11-;/m1./s1. The molecule has 1 aromatic heterocycles. The first kappa shape index (κ1) is 11.5. The number of halogens is 1. The van der Waals surface area contributed by atoms with E-state index in [0.29, 0.717) is 5.92 Å². The van der Waals surface area contributed by atoms with Gasteiger partial charge in [-0.25, -0.2) is 0 Å². The predicted octanol–water partition coefficient (Wildman–Crippen LogP) is 2.69. The molecule has 0 spiro atoms. The van der Waals surface area contributed by atoms with Crippen LogP contribution in [0.1, 0.15) is 37.4 Å².